The summed E-state index contributed by atoms with van der Waals surface area (Å²) in [5.41, 5.74) is 0. The van der Waals surface area contributed by atoms with Crippen LogP contribution in [0.3, 0.4) is 0 Å². The van der Waals surface area contributed by atoms with E-state index >= 15 is 0 Å². The Balaban J connectivity index is 2.04. The van der Waals surface area contributed by atoms with E-state index in [1.54, 1.807) is 7.11 Å². The Morgan fingerprint density at radius 2 is 2.24 bits per heavy atom. The summed E-state index contributed by atoms with van der Waals surface area (Å²) in [6.45, 7) is 6.21. The number of nitrogens with zero attached hydrogens (tertiary/aromatic N) is 1. The second-order valence-electron chi connectivity index (χ2n) is 4.53. The van der Waals surface area contributed by atoms with Crippen LogP contribution in [0.4, 0.5) is 4.79 Å². The highest BCUT2D eigenvalue weighted by atomic mass is 16.5. The van der Waals surface area contributed by atoms with E-state index < -0.39 is 0 Å². The molecule has 0 bridgehead atoms. The zero-order valence-corrected chi connectivity index (χ0v) is 10.9. The van der Waals surface area contributed by atoms with E-state index in [-0.39, 0.29) is 6.03 Å². The number of rotatable bonds is 6. The molecule has 0 aromatic carbocycles. The normalized spacial score (nSPS) is 20.4. The van der Waals surface area contributed by atoms with Crippen LogP contribution in [0.25, 0.3) is 0 Å². The molecule has 1 atom stereocenters. The number of piperidine rings is 1. The summed E-state index contributed by atoms with van der Waals surface area (Å²) in [6.07, 6.45) is 2.34. The molecule has 0 radical (unpaired) electrons. The summed E-state index contributed by atoms with van der Waals surface area (Å²) < 4.78 is 10.1. The maximum absolute atomic E-state index is 11.8. The molecule has 1 aliphatic rings. The van der Waals surface area contributed by atoms with E-state index in [0.717, 1.165) is 19.5 Å². The number of likely N-dealkylation sites (tertiary alicyclic amines) is 1. The number of ether oxygens (including phenoxy) is 2. The van der Waals surface area contributed by atoms with Crippen LogP contribution in [0.2, 0.25) is 0 Å². The lowest BCUT2D eigenvalue weighted by Gasteiger charge is -2.30. The molecule has 0 spiro atoms. The summed E-state index contributed by atoms with van der Waals surface area (Å²) in [6, 6.07) is 0.0342. The first-order valence-electron chi connectivity index (χ1n) is 6.33. The van der Waals surface area contributed by atoms with E-state index in [1.165, 1.54) is 6.42 Å². The minimum atomic E-state index is 0.0342. The van der Waals surface area contributed by atoms with Gasteiger partial charge in [0.15, 0.2) is 0 Å². The van der Waals surface area contributed by atoms with Gasteiger partial charge in [-0.2, -0.15) is 0 Å². The molecule has 17 heavy (non-hydrogen) atoms. The lowest BCUT2D eigenvalue weighted by Crippen LogP contribution is -2.45. The Labute approximate surface area is 103 Å². The molecular weight excluding hydrogens is 220 g/mol. The molecule has 0 saturated carbocycles. The highest BCUT2D eigenvalue weighted by Crippen LogP contribution is 2.14. The van der Waals surface area contributed by atoms with Crippen molar-refractivity contribution in [1.29, 1.82) is 0 Å². The third-order valence-corrected chi connectivity index (χ3v) is 2.90. The Bertz CT molecular complexity index is 224. The van der Waals surface area contributed by atoms with E-state index in [1.807, 2.05) is 4.90 Å². The van der Waals surface area contributed by atoms with Gasteiger partial charge in [-0.1, -0.05) is 6.92 Å². The van der Waals surface area contributed by atoms with E-state index in [0.29, 0.717) is 32.3 Å². The third-order valence-electron chi connectivity index (χ3n) is 2.90. The largest absolute Gasteiger partial charge is 0.382 e. The molecule has 1 rings (SSSR count). The maximum atomic E-state index is 11.8. The third kappa shape index (κ3) is 5.89. The van der Waals surface area contributed by atoms with Gasteiger partial charge in [-0.15, -0.1) is 0 Å². The minimum Gasteiger partial charge on any atom is -0.382 e. The average molecular weight is 244 g/mol. The summed E-state index contributed by atoms with van der Waals surface area (Å²) >= 11 is 0. The van der Waals surface area contributed by atoms with Crippen molar-refractivity contribution in [3.05, 3.63) is 0 Å². The first kappa shape index (κ1) is 14.3. The van der Waals surface area contributed by atoms with Gasteiger partial charge in [0.25, 0.3) is 0 Å². The number of hydrogen-bond acceptors (Lipinski definition) is 3. The highest BCUT2D eigenvalue weighted by molar-refractivity contribution is 5.74. The topological polar surface area (TPSA) is 50.8 Å². The molecule has 0 aromatic heterocycles. The van der Waals surface area contributed by atoms with Gasteiger partial charge in [-0.05, 0) is 18.8 Å². The van der Waals surface area contributed by atoms with Crippen molar-refractivity contribution in [1.82, 2.24) is 10.2 Å². The molecule has 1 heterocycles. The lowest BCUT2D eigenvalue weighted by molar-refractivity contribution is 0.0717. The fraction of sp³-hybridized carbons (Fsp3) is 0.917. The molecule has 0 aromatic rings. The van der Waals surface area contributed by atoms with Gasteiger partial charge in [0.2, 0.25) is 0 Å². The first-order valence-corrected chi connectivity index (χ1v) is 6.33. The monoisotopic (exact) mass is 244 g/mol. The number of carbonyl (C=O) groups excluding carboxylic acids is 1. The Morgan fingerprint density at radius 1 is 1.41 bits per heavy atom. The van der Waals surface area contributed by atoms with Gasteiger partial charge in [0.1, 0.15) is 0 Å². The second kappa shape index (κ2) is 8.31. The van der Waals surface area contributed by atoms with E-state index in [2.05, 4.69) is 12.2 Å². The summed E-state index contributed by atoms with van der Waals surface area (Å²) in [4.78, 5) is 13.7. The van der Waals surface area contributed by atoms with Gasteiger partial charge in [-0.25, -0.2) is 4.79 Å². The van der Waals surface area contributed by atoms with Crippen LogP contribution in [-0.2, 0) is 9.47 Å². The Morgan fingerprint density at radius 3 is 2.94 bits per heavy atom. The first-order chi connectivity index (χ1) is 8.24. The standard InChI is InChI=1S/C12H24N2O3/c1-11-4-3-6-14(10-11)12(15)13-5-7-17-9-8-16-2/h11H,3-10H2,1-2H3,(H,13,15). The molecule has 2 amide bonds. The molecule has 5 nitrogen and oxygen atoms in total. The Kier molecular flexibility index (Phi) is 6.96. The quantitative estimate of drug-likeness (QED) is 0.712. The second-order valence-corrected chi connectivity index (χ2v) is 4.53. The van der Waals surface area contributed by atoms with E-state index in [4.69, 9.17) is 9.47 Å². The van der Waals surface area contributed by atoms with Crippen LogP contribution in [-0.4, -0.2) is 57.5 Å². The minimum absolute atomic E-state index is 0.0342. The SMILES string of the molecule is COCCOCCNC(=O)N1CCCC(C)C1. The van der Waals surface area contributed by atoms with Gasteiger partial charge < -0.3 is 19.7 Å². The van der Waals surface area contributed by atoms with Crippen molar-refractivity contribution in [2.45, 2.75) is 19.8 Å². The van der Waals surface area contributed by atoms with Gasteiger partial charge in [0, 0.05) is 26.7 Å². The molecule has 1 unspecified atom stereocenters. The number of carbonyl (C=O) groups is 1. The van der Waals surface area contributed by atoms with Crippen molar-refractivity contribution >= 4 is 6.03 Å². The molecule has 0 aliphatic carbocycles. The summed E-state index contributed by atoms with van der Waals surface area (Å²) in [7, 11) is 1.64. The van der Waals surface area contributed by atoms with Gasteiger partial charge in [0.05, 0.1) is 19.8 Å². The van der Waals surface area contributed by atoms with Crippen LogP contribution >= 0.6 is 0 Å². The van der Waals surface area contributed by atoms with Crippen molar-refractivity contribution in [3.8, 4) is 0 Å². The molecule has 100 valence electrons. The number of hydrogen-bond donors (Lipinski definition) is 1. The van der Waals surface area contributed by atoms with Crippen LogP contribution in [0, 0.1) is 5.92 Å². The molecular formula is C12H24N2O3. The number of amides is 2. The van der Waals surface area contributed by atoms with Crippen LogP contribution in [0.15, 0.2) is 0 Å². The zero-order valence-electron chi connectivity index (χ0n) is 10.9. The fourth-order valence-electron chi connectivity index (χ4n) is 1.96. The van der Waals surface area contributed by atoms with Crippen molar-refractivity contribution in [3.63, 3.8) is 0 Å². The molecule has 1 aliphatic heterocycles. The summed E-state index contributed by atoms with van der Waals surface area (Å²) in [5, 5.41) is 2.87. The van der Waals surface area contributed by atoms with Crippen LogP contribution in [0.1, 0.15) is 19.8 Å². The maximum Gasteiger partial charge on any atom is 0.317 e. The summed E-state index contributed by atoms with van der Waals surface area (Å²) in [5.74, 6) is 0.618. The van der Waals surface area contributed by atoms with E-state index in [9.17, 15) is 4.79 Å². The number of urea groups is 1. The van der Waals surface area contributed by atoms with Crippen molar-refractivity contribution in [2.75, 3.05) is 46.6 Å². The molecule has 1 saturated heterocycles. The molecule has 1 fully saturated rings. The molecule has 1 N–H and O–H groups in total. The van der Waals surface area contributed by atoms with Crippen LogP contribution in [0.5, 0.6) is 0 Å². The Hall–Kier alpha value is -0.810. The number of nitrogens with one attached hydrogen (secondary N) is 1. The predicted octanol–water partition coefficient (Wildman–Crippen LogP) is 1.09. The van der Waals surface area contributed by atoms with Gasteiger partial charge in [-0.3, -0.25) is 0 Å². The fourth-order valence-corrected chi connectivity index (χ4v) is 1.96. The highest BCUT2D eigenvalue weighted by Gasteiger charge is 2.20. The van der Waals surface area contributed by atoms with Crippen molar-refractivity contribution < 1.29 is 14.3 Å². The van der Waals surface area contributed by atoms with Gasteiger partial charge >= 0.3 is 6.03 Å². The molecule has 5 heteroatoms. The number of methoxy groups -OCH3 is 1. The zero-order chi connectivity index (χ0) is 12.5. The van der Waals surface area contributed by atoms with Crippen molar-refractivity contribution in [2.24, 2.45) is 5.92 Å². The smallest absolute Gasteiger partial charge is 0.317 e. The predicted molar refractivity (Wildman–Crippen MR) is 66.1 cm³/mol. The lowest BCUT2D eigenvalue weighted by atomic mass is 10.0. The average Bonchev–Trinajstić information content (AvgIpc) is 2.33. The van der Waals surface area contributed by atoms with Crippen LogP contribution < -0.4 is 5.32 Å².